The molecule has 0 spiro atoms. The Bertz CT molecular complexity index is 334. The molecule has 18 heavy (non-hydrogen) atoms. The van der Waals surface area contributed by atoms with Crippen LogP contribution in [-0.4, -0.2) is 24.2 Å². The van der Waals surface area contributed by atoms with Crippen LogP contribution in [0.5, 0.6) is 0 Å². The van der Waals surface area contributed by atoms with E-state index >= 15 is 0 Å². The summed E-state index contributed by atoms with van der Waals surface area (Å²) in [6.07, 6.45) is 0.638. The first kappa shape index (κ1) is 15.1. The molecule has 1 atom stereocenters. The summed E-state index contributed by atoms with van der Waals surface area (Å²) in [5.74, 6) is -0.253. The van der Waals surface area contributed by atoms with E-state index in [1.165, 1.54) is 0 Å². The lowest BCUT2D eigenvalue weighted by atomic mass is 9.58. The first-order valence-corrected chi connectivity index (χ1v) is 6.64. The molecular weight excluding hydrogens is 228 g/mol. The highest BCUT2D eigenvalue weighted by atomic mass is 16.5. The summed E-state index contributed by atoms with van der Waals surface area (Å²) in [5.41, 5.74) is -0.413. The average Bonchev–Trinajstić information content (AvgIpc) is 2.61. The van der Waals surface area contributed by atoms with Crippen LogP contribution in [-0.2, 0) is 9.53 Å². The molecule has 4 nitrogen and oxygen atoms in total. The third-order valence-electron chi connectivity index (χ3n) is 3.90. The molecule has 1 rings (SSSR count). The Kier molecular flexibility index (Phi) is 3.89. The van der Waals surface area contributed by atoms with Crippen molar-refractivity contribution < 1.29 is 9.53 Å². The Morgan fingerprint density at radius 3 is 2.06 bits per heavy atom. The second-order valence-corrected chi connectivity index (χ2v) is 7.05. The molecule has 0 fully saturated rings. The quantitative estimate of drug-likeness (QED) is 0.707. The van der Waals surface area contributed by atoms with E-state index < -0.39 is 6.04 Å². The highest BCUT2D eigenvalue weighted by molar-refractivity contribution is 5.76. The largest absolute Gasteiger partial charge is 0.464 e. The van der Waals surface area contributed by atoms with Crippen molar-refractivity contribution in [1.29, 1.82) is 0 Å². The van der Waals surface area contributed by atoms with Gasteiger partial charge in [0.2, 0.25) is 0 Å². The number of carbonyl (C=O) groups is 1. The topological polar surface area (TPSA) is 51.0 Å². The minimum Gasteiger partial charge on any atom is -0.464 e. The van der Waals surface area contributed by atoms with Gasteiger partial charge in [0, 0.05) is 6.42 Å². The third-order valence-corrected chi connectivity index (χ3v) is 3.90. The van der Waals surface area contributed by atoms with Crippen LogP contribution < -0.4 is 0 Å². The van der Waals surface area contributed by atoms with Gasteiger partial charge in [-0.15, -0.1) is 0 Å². The minimum absolute atomic E-state index is 0.0456. The molecule has 0 bridgehead atoms. The van der Waals surface area contributed by atoms with Crippen LogP contribution in [0.2, 0.25) is 0 Å². The molecule has 0 amide bonds. The van der Waals surface area contributed by atoms with E-state index in [0.29, 0.717) is 13.0 Å². The predicted octanol–water partition coefficient (Wildman–Crippen LogP) is 3.61. The van der Waals surface area contributed by atoms with Crippen LogP contribution in [0.1, 0.15) is 54.9 Å². The van der Waals surface area contributed by atoms with Crippen molar-refractivity contribution in [2.75, 3.05) is 6.61 Å². The van der Waals surface area contributed by atoms with Crippen molar-refractivity contribution in [3.8, 4) is 0 Å². The fourth-order valence-electron chi connectivity index (χ4n) is 2.94. The summed E-state index contributed by atoms with van der Waals surface area (Å²) in [7, 11) is 0. The van der Waals surface area contributed by atoms with Crippen molar-refractivity contribution in [3.63, 3.8) is 0 Å². The van der Waals surface area contributed by atoms with E-state index in [2.05, 4.69) is 51.8 Å². The van der Waals surface area contributed by atoms with Gasteiger partial charge in [-0.1, -0.05) is 41.5 Å². The maximum absolute atomic E-state index is 11.8. The lowest BCUT2D eigenvalue weighted by Gasteiger charge is -2.47. The van der Waals surface area contributed by atoms with E-state index in [1.807, 2.05) is 6.92 Å². The van der Waals surface area contributed by atoms with Crippen molar-refractivity contribution >= 4 is 5.97 Å². The molecule has 0 saturated carbocycles. The number of hydrogen-bond donors (Lipinski definition) is 0. The standard InChI is InChI=1S/C14H26N2O2/c1-8-18-11(17)10-9-14(16-15-10,12(2,3)4)13(5,6)7/h10H,8-9H2,1-7H3. The van der Waals surface area contributed by atoms with Crippen LogP contribution in [0.25, 0.3) is 0 Å². The van der Waals surface area contributed by atoms with Crippen LogP contribution in [0.3, 0.4) is 0 Å². The summed E-state index contributed by atoms with van der Waals surface area (Å²) in [6.45, 7) is 15.1. The number of carbonyl (C=O) groups excluding carboxylic acids is 1. The van der Waals surface area contributed by atoms with Gasteiger partial charge in [0.1, 0.15) is 0 Å². The van der Waals surface area contributed by atoms with Crippen LogP contribution >= 0.6 is 0 Å². The van der Waals surface area contributed by atoms with E-state index in [0.717, 1.165) is 0 Å². The van der Waals surface area contributed by atoms with Gasteiger partial charge in [0.25, 0.3) is 0 Å². The van der Waals surface area contributed by atoms with Crippen LogP contribution in [0, 0.1) is 10.8 Å². The monoisotopic (exact) mass is 254 g/mol. The molecule has 0 aromatic carbocycles. The van der Waals surface area contributed by atoms with Gasteiger partial charge in [-0.2, -0.15) is 10.2 Å². The number of esters is 1. The zero-order valence-electron chi connectivity index (χ0n) is 12.7. The highest BCUT2D eigenvalue weighted by Gasteiger charge is 2.56. The summed E-state index contributed by atoms with van der Waals surface area (Å²) < 4.78 is 5.05. The normalized spacial score (nSPS) is 23.2. The van der Waals surface area contributed by atoms with Gasteiger partial charge < -0.3 is 4.74 Å². The minimum atomic E-state index is -0.441. The number of azo groups is 1. The van der Waals surface area contributed by atoms with Gasteiger partial charge in [-0.25, -0.2) is 4.79 Å². The van der Waals surface area contributed by atoms with Crippen LogP contribution in [0.4, 0.5) is 0 Å². The highest BCUT2D eigenvalue weighted by Crippen LogP contribution is 2.53. The van der Waals surface area contributed by atoms with Crippen molar-refractivity contribution in [2.24, 2.45) is 21.1 Å². The van der Waals surface area contributed by atoms with E-state index in [-0.39, 0.29) is 22.3 Å². The van der Waals surface area contributed by atoms with E-state index in [4.69, 9.17) is 4.74 Å². The average molecular weight is 254 g/mol. The summed E-state index contributed by atoms with van der Waals surface area (Å²) in [6, 6.07) is -0.441. The predicted molar refractivity (Wildman–Crippen MR) is 71.5 cm³/mol. The number of rotatable bonds is 2. The number of nitrogens with zero attached hydrogens (tertiary/aromatic N) is 2. The molecule has 0 aromatic rings. The maximum atomic E-state index is 11.8. The SMILES string of the molecule is CCOC(=O)C1CC(C(C)(C)C)(C(C)(C)C)N=N1. The molecule has 1 unspecified atom stereocenters. The Morgan fingerprint density at radius 1 is 1.22 bits per heavy atom. The Balaban J connectivity index is 3.02. The zero-order chi connectivity index (χ0) is 14.2. The van der Waals surface area contributed by atoms with Crippen molar-refractivity contribution in [3.05, 3.63) is 0 Å². The van der Waals surface area contributed by atoms with Crippen molar-refractivity contribution in [1.82, 2.24) is 0 Å². The number of hydrogen-bond acceptors (Lipinski definition) is 4. The van der Waals surface area contributed by atoms with Crippen LogP contribution in [0.15, 0.2) is 10.2 Å². The fourth-order valence-corrected chi connectivity index (χ4v) is 2.94. The Morgan fingerprint density at radius 2 is 1.72 bits per heavy atom. The molecule has 104 valence electrons. The molecule has 1 heterocycles. The zero-order valence-corrected chi connectivity index (χ0v) is 12.7. The van der Waals surface area contributed by atoms with Gasteiger partial charge in [-0.05, 0) is 17.8 Å². The Labute approximate surface area is 110 Å². The summed E-state index contributed by atoms with van der Waals surface area (Å²) in [5, 5.41) is 8.71. The van der Waals surface area contributed by atoms with Gasteiger partial charge >= 0.3 is 5.97 Å². The molecule has 0 saturated heterocycles. The second-order valence-electron chi connectivity index (χ2n) is 7.05. The molecule has 1 aliphatic heterocycles. The van der Waals surface area contributed by atoms with E-state index in [9.17, 15) is 4.79 Å². The van der Waals surface area contributed by atoms with E-state index in [1.54, 1.807) is 0 Å². The molecule has 4 heteroatoms. The molecule has 0 aromatic heterocycles. The molecular formula is C14H26N2O2. The molecule has 0 radical (unpaired) electrons. The third kappa shape index (κ3) is 2.43. The smallest absolute Gasteiger partial charge is 0.332 e. The van der Waals surface area contributed by atoms with Gasteiger partial charge in [0.05, 0.1) is 12.1 Å². The molecule has 0 N–H and O–H groups in total. The first-order chi connectivity index (χ1) is 8.05. The second kappa shape index (κ2) is 4.63. The maximum Gasteiger partial charge on any atom is 0.332 e. The summed E-state index contributed by atoms with van der Waals surface area (Å²) >= 11 is 0. The van der Waals surface area contributed by atoms with Crippen molar-refractivity contribution in [2.45, 2.75) is 66.5 Å². The van der Waals surface area contributed by atoms with Gasteiger partial charge in [0.15, 0.2) is 6.04 Å². The van der Waals surface area contributed by atoms with Gasteiger partial charge in [-0.3, -0.25) is 0 Å². The molecule has 1 aliphatic rings. The molecule has 0 aliphatic carbocycles. The lowest BCUT2D eigenvalue weighted by molar-refractivity contribution is -0.145. The fraction of sp³-hybridized carbons (Fsp3) is 0.929. The lowest BCUT2D eigenvalue weighted by Crippen LogP contribution is -2.51. The summed E-state index contributed by atoms with van der Waals surface area (Å²) in [4.78, 5) is 11.8. The first-order valence-electron chi connectivity index (χ1n) is 6.64. The number of ether oxygens (including phenoxy) is 1. The Hall–Kier alpha value is -0.930.